The Hall–Kier alpha value is -2.77. The van der Waals surface area contributed by atoms with E-state index in [1.54, 1.807) is 18.2 Å². The second kappa shape index (κ2) is 11.4. The molecule has 2 rings (SSSR count). The van der Waals surface area contributed by atoms with Gasteiger partial charge in [-0.3, -0.25) is 35.9 Å². The zero-order valence-electron chi connectivity index (χ0n) is 15.0. The molecule has 0 aromatic heterocycles. The van der Waals surface area contributed by atoms with Crippen LogP contribution in [0.1, 0.15) is 0 Å². The van der Waals surface area contributed by atoms with Gasteiger partial charge in [-0.25, -0.2) is 0 Å². The number of carbonyl (C=O) groups excluding carboxylic acids is 2. The number of amides is 2. The number of carbonyl (C=O) groups is 2. The average molecular weight is 562 g/mol. The van der Waals surface area contributed by atoms with Gasteiger partial charge in [0.15, 0.2) is 18.3 Å². The first-order valence-electron chi connectivity index (χ1n) is 8.08. The number of hydrogen-bond donors (Lipinski definition) is 3. The van der Waals surface area contributed by atoms with Crippen LogP contribution in [0.5, 0.6) is 11.5 Å². The third-order valence-corrected chi connectivity index (χ3v) is 4.56. The highest BCUT2D eigenvalue weighted by Crippen LogP contribution is 2.28. The van der Waals surface area contributed by atoms with Gasteiger partial charge in [0.1, 0.15) is 11.5 Å². The molecule has 2 amide bonds. The van der Waals surface area contributed by atoms with Gasteiger partial charge in [0.25, 0.3) is 17.5 Å². The molecule has 0 aliphatic carbocycles. The Bertz CT molecular complexity index is 958. The van der Waals surface area contributed by atoms with E-state index in [9.17, 15) is 19.7 Å². The molecule has 0 unspecified atom stereocenters. The minimum atomic E-state index is -0.583. The van der Waals surface area contributed by atoms with E-state index in [0.717, 1.165) is 4.47 Å². The van der Waals surface area contributed by atoms with Gasteiger partial charge < -0.3 is 9.47 Å². The van der Waals surface area contributed by atoms with E-state index in [4.69, 9.17) is 21.7 Å². The van der Waals surface area contributed by atoms with Crippen molar-refractivity contribution in [3.05, 3.63) is 61.5 Å². The number of hydrazine groups is 1. The molecule has 10 nitrogen and oxygen atoms in total. The number of non-ortho nitro benzene ring substituents is 1. The summed E-state index contributed by atoms with van der Waals surface area (Å²) in [6, 6.07) is 10.5. The van der Waals surface area contributed by atoms with Crippen LogP contribution >= 0.6 is 44.1 Å². The summed E-state index contributed by atoms with van der Waals surface area (Å²) in [5, 5.41) is 12.8. The van der Waals surface area contributed by atoms with Crippen LogP contribution in [0.3, 0.4) is 0 Å². The Morgan fingerprint density at radius 3 is 2.30 bits per heavy atom. The van der Waals surface area contributed by atoms with Crippen molar-refractivity contribution in [2.24, 2.45) is 0 Å². The van der Waals surface area contributed by atoms with Crippen molar-refractivity contribution in [2.45, 2.75) is 0 Å². The molecule has 30 heavy (non-hydrogen) atoms. The molecule has 2 aromatic carbocycles. The molecule has 0 bridgehead atoms. The van der Waals surface area contributed by atoms with E-state index in [1.165, 1.54) is 24.3 Å². The summed E-state index contributed by atoms with van der Waals surface area (Å²) in [4.78, 5) is 33.6. The first kappa shape index (κ1) is 23.5. The molecule has 0 saturated heterocycles. The summed E-state index contributed by atoms with van der Waals surface area (Å²) in [5.74, 6) is -0.356. The molecule has 0 atom stereocenters. The van der Waals surface area contributed by atoms with E-state index < -0.39 is 16.7 Å². The Morgan fingerprint density at radius 2 is 1.67 bits per heavy atom. The van der Waals surface area contributed by atoms with E-state index in [0.29, 0.717) is 10.2 Å². The molecule has 0 radical (unpaired) electrons. The fourth-order valence-electron chi connectivity index (χ4n) is 1.91. The van der Waals surface area contributed by atoms with Gasteiger partial charge in [-0.05, 0) is 58.5 Å². The van der Waals surface area contributed by atoms with Crippen molar-refractivity contribution >= 4 is 66.7 Å². The largest absolute Gasteiger partial charge is 0.484 e. The normalized spacial score (nSPS) is 9.93. The van der Waals surface area contributed by atoms with Crippen LogP contribution in [0, 0.1) is 10.1 Å². The standard InChI is InChI=1S/C17H14Br2N4O6S/c18-10-1-6-14(13(19)7-10)29-8-15(24)20-17(30)22-21-16(25)9-28-12-4-2-11(3-5-12)23(26)27/h1-7H,8-9H2,(H,21,25)(H2,20,22,24,30). The molecule has 13 heteroatoms. The maximum Gasteiger partial charge on any atom is 0.276 e. The summed E-state index contributed by atoms with van der Waals surface area (Å²) >= 11 is 11.5. The first-order valence-corrected chi connectivity index (χ1v) is 10.1. The number of nitrogens with zero attached hydrogens (tertiary/aromatic N) is 1. The van der Waals surface area contributed by atoms with Crippen molar-refractivity contribution in [3.63, 3.8) is 0 Å². The minimum Gasteiger partial charge on any atom is -0.484 e. The summed E-state index contributed by atoms with van der Waals surface area (Å²) in [5.41, 5.74) is 4.50. The van der Waals surface area contributed by atoms with Gasteiger partial charge in [-0.1, -0.05) is 15.9 Å². The third-order valence-electron chi connectivity index (χ3n) is 3.24. The first-order chi connectivity index (χ1) is 14.2. The SMILES string of the molecule is O=C(COc1ccc([N+](=O)[O-])cc1)NNC(=S)NC(=O)COc1ccc(Br)cc1Br. The van der Waals surface area contributed by atoms with Gasteiger partial charge in [-0.2, -0.15) is 0 Å². The van der Waals surface area contributed by atoms with Gasteiger partial charge in [-0.15, -0.1) is 0 Å². The van der Waals surface area contributed by atoms with E-state index >= 15 is 0 Å². The van der Waals surface area contributed by atoms with Crippen LogP contribution in [-0.4, -0.2) is 35.1 Å². The van der Waals surface area contributed by atoms with Gasteiger partial charge in [0.05, 0.1) is 9.40 Å². The molecule has 3 N–H and O–H groups in total. The van der Waals surface area contributed by atoms with Crippen LogP contribution in [-0.2, 0) is 9.59 Å². The molecular weight excluding hydrogens is 548 g/mol. The van der Waals surface area contributed by atoms with Crippen LogP contribution < -0.4 is 25.6 Å². The quantitative estimate of drug-likeness (QED) is 0.267. The number of benzene rings is 2. The predicted octanol–water partition coefficient (Wildman–Crippen LogP) is 2.60. The summed E-state index contributed by atoms with van der Waals surface area (Å²) < 4.78 is 12.1. The lowest BCUT2D eigenvalue weighted by molar-refractivity contribution is -0.384. The zero-order valence-corrected chi connectivity index (χ0v) is 19.0. The lowest BCUT2D eigenvalue weighted by Gasteiger charge is -2.12. The number of ether oxygens (including phenoxy) is 2. The molecule has 0 spiro atoms. The number of nitro groups is 1. The fraction of sp³-hybridized carbons (Fsp3) is 0.118. The van der Waals surface area contributed by atoms with Crippen LogP contribution in [0.2, 0.25) is 0 Å². The van der Waals surface area contributed by atoms with E-state index in [2.05, 4.69) is 48.0 Å². The summed E-state index contributed by atoms with van der Waals surface area (Å²) in [7, 11) is 0. The van der Waals surface area contributed by atoms with Gasteiger partial charge in [0.2, 0.25) is 0 Å². The lowest BCUT2D eigenvalue weighted by Crippen LogP contribution is -2.50. The maximum atomic E-state index is 11.9. The van der Waals surface area contributed by atoms with Crippen LogP contribution in [0.4, 0.5) is 5.69 Å². The van der Waals surface area contributed by atoms with Crippen molar-refractivity contribution in [1.82, 2.24) is 16.2 Å². The fourth-order valence-corrected chi connectivity index (χ4v) is 3.23. The topological polar surface area (TPSA) is 132 Å². The molecule has 158 valence electrons. The maximum absolute atomic E-state index is 11.9. The number of halogens is 2. The van der Waals surface area contributed by atoms with Crippen LogP contribution in [0.25, 0.3) is 0 Å². The van der Waals surface area contributed by atoms with Gasteiger partial charge >= 0.3 is 0 Å². The number of rotatable bonds is 7. The number of nitrogens with one attached hydrogen (secondary N) is 3. The van der Waals surface area contributed by atoms with Gasteiger partial charge in [0, 0.05) is 16.6 Å². The van der Waals surface area contributed by atoms with Crippen molar-refractivity contribution in [1.29, 1.82) is 0 Å². The Kier molecular flexibility index (Phi) is 8.95. The highest BCUT2D eigenvalue weighted by molar-refractivity contribution is 9.11. The van der Waals surface area contributed by atoms with E-state index in [-0.39, 0.29) is 29.8 Å². The van der Waals surface area contributed by atoms with Crippen molar-refractivity contribution < 1.29 is 24.0 Å². The number of nitro benzene ring substituents is 1. The highest BCUT2D eigenvalue weighted by atomic mass is 79.9. The Balaban J connectivity index is 1.67. The molecule has 0 aliphatic heterocycles. The molecule has 0 fully saturated rings. The summed E-state index contributed by atoms with van der Waals surface area (Å²) in [6.07, 6.45) is 0. The molecule has 2 aromatic rings. The second-order valence-corrected chi connectivity index (χ2v) is 7.63. The summed E-state index contributed by atoms with van der Waals surface area (Å²) in [6.45, 7) is -0.665. The van der Waals surface area contributed by atoms with Crippen molar-refractivity contribution in [3.8, 4) is 11.5 Å². The van der Waals surface area contributed by atoms with E-state index in [1.807, 2.05) is 0 Å². The second-order valence-electron chi connectivity index (χ2n) is 5.45. The zero-order chi connectivity index (χ0) is 22.1. The minimum absolute atomic E-state index is 0.0916. The molecule has 0 heterocycles. The Morgan fingerprint density at radius 1 is 1.00 bits per heavy atom. The highest BCUT2D eigenvalue weighted by Gasteiger charge is 2.10. The van der Waals surface area contributed by atoms with Crippen LogP contribution in [0.15, 0.2) is 51.4 Å². The Labute approximate surface area is 192 Å². The third kappa shape index (κ3) is 7.93. The van der Waals surface area contributed by atoms with Crippen molar-refractivity contribution in [2.75, 3.05) is 13.2 Å². The molecule has 0 saturated carbocycles. The molecular formula is C17H14Br2N4O6S. The smallest absolute Gasteiger partial charge is 0.276 e. The lowest BCUT2D eigenvalue weighted by atomic mass is 10.3. The molecule has 0 aliphatic rings. The predicted molar refractivity (Wildman–Crippen MR) is 118 cm³/mol. The number of hydrogen-bond acceptors (Lipinski definition) is 7. The monoisotopic (exact) mass is 560 g/mol. The average Bonchev–Trinajstić information content (AvgIpc) is 2.70. The number of thiocarbonyl (C=S) groups is 1.